The van der Waals surface area contributed by atoms with E-state index >= 15 is 0 Å². The smallest absolute Gasteiger partial charge is 0.303 e. The number of benzene rings is 1. The van der Waals surface area contributed by atoms with Crippen molar-refractivity contribution in [3.63, 3.8) is 0 Å². The SMILES string of the molecule is Cc1cccc(C)c1NCC(O)CCC(=O)O. The van der Waals surface area contributed by atoms with Gasteiger partial charge in [-0.3, -0.25) is 4.79 Å². The van der Waals surface area contributed by atoms with Crippen LogP contribution in [0.1, 0.15) is 24.0 Å². The number of aryl methyl sites for hydroxylation is 2. The van der Waals surface area contributed by atoms with Crippen LogP contribution in [0.3, 0.4) is 0 Å². The first-order valence-electron chi connectivity index (χ1n) is 5.70. The Morgan fingerprint density at radius 1 is 1.35 bits per heavy atom. The van der Waals surface area contributed by atoms with Gasteiger partial charge in [-0.05, 0) is 31.4 Å². The summed E-state index contributed by atoms with van der Waals surface area (Å²) < 4.78 is 0. The molecule has 1 rings (SSSR count). The second-order valence-corrected chi connectivity index (χ2v) is 4.23. The Balaban J connectivity index is 2.47. The molecule has 0 saturated carbocycles. The minimum absolute atomic E-state index is 0.00436. The van der Waals surface area contributed by atoms with Gasteiger partial charge in [0.05, 0.1) is 6.10 Å². The molecule has 0 aromatic heterocycles. The Morgan fingerprint density at radius 3 is 2.47 bits per heavy atom. The van der Waals surface area contributed by atoms with E-state index in [1.54, 1.807) is 0 Å². The minimum Gasteiger partial charge on any atom is -0.481 e. The van der Waals surface area contributed by atoms with Crippen LogP contribution < -0.4 is 5.32 Å². The number of carboxylic acids is 1. The van der Waals surface area contributed by atoms with Gasteiger partial charge in [-0.2, -0.15) is 0 Å². The number of aliphatic hydroxyl groups is 1. The Labute approximate surface area is 101 Å². The van der Waals surface area contributed by atoms with Gasteiger partial charge in [-0.25, -0.2) is 0 Å². The molecule has 0 radical (unpaired) electrons. The van der Waals surface area contributed by atoms with Crippen molar-refractivity contribution in [1.29, 1.82) is 0 Å². The van der Waals surface area contributed by atoms with Crippen LogP contribution in [0.15, 0.2) is 18.2 Å². The summed E-state index contributed by atoms with van der Waals surface area (Å²) in [6.07, 6.45) is -0.367. The van der Waals surface area contributed by atoms with Crippen LogP contribution in [0, 0.1) is 13.8 Å². The first kappa shape index (κ1) is 13.5. The van der Waals surface area contributed by atoms with Gasteiger partial charge in [0.15, 0.2) is 0 Å². The molecule has 94 valence electrons. The lowest BCUT2D eigenvalue weighted by atomic mass is 10.1. The summed E-state index contributed by atoms with van der Waals surface area (Å²) in [5.74, 6) is -0.879. The highest BCUT2D eigenvalue weighted by atomic mass is 16.4. The monoisotopic (exact) mass is 237 g/mol. The van der Waals surface area contributed by atoms with E-state index in [0.717, 1.165) is 16.8 Å². The minimum atomic E-state index is -0.879. The molecule has 0 heterocycles. The molecule has 0 aliphatic carbocycles. The molecule has 0 amide bonds. The van der Waals surface area contributed by atoms with E-state index in [2.05, 4.69) is 5.32 Å². The van der Waals surface area contributed by atoms with Crippen molar-refractivity contribution in [1.82, 2.24) is 0 Å². The van der Waals surface area contributed by atoms with Crippen LogP contribution >= 0.6 is 0 Å². The van der Waals surface area contributed by atoms with E-state index in [9.17, 15) is 9.90 Å². The van der Waals surface area contributed by atoms with Gasteiger partial charge < -0.3 is 15.5 Å². The van der Waals surface area contributed by atoms with Crippen molar-refractivity contribution >= 4 is 11.7 Å². The standard InChI is InChI=1S/C13H19NO3/c1-9-4-3-5-10(2)13(9)14-8-11(15)6-7-12(16)17/h3-5,11,14-15H,6-8H2,1-2H3,(H,16,17). The highest BCUT2D eigenvalue weighted by Crippen LogP contribution is 2.19. The molecule has 4 nitrogen and oxygen atoms in total. The molecule has 0 aliphatic rings. The van der Waals surface area contributed by atoms with E-state index < -0.39 is 12.1 Å². The first-order valence-corrected chi connectivity index (χ1v) is 5.70. The van der Waals surface area contributed by atoms with Crippen molar-refractivity contribution in [2.45, 2.75) is 32.8 Å². The second-order valence-electron chi connectivity index (χ2n) is 4.23. The summed E-state index contributed by atoms with van der Waals surface area (Å²) >= 11 is 0. The number of anilines is 1. The fourth-order valence-corrected chi connectivity index (χ4v) is 1.71. The lowest BCUT2D eigenvalue weighted by molar-refractivity contribution is -0.137. The third-order valence-corrected chi connectivity index (χ3v) is 2.69. The molecule has 0 bridgehead atoms. The van der Waals surface area contributed by atoms with Gasteiger partial charge in [0, 0.05) is 18.7 Å². The maximum absolute atomic E-state index is 10.4. The summed E-state index contributed by atoms with van der Waals surface area (Å²) in [6.45, 7) is 4.37. The van der Waals surface area contributed by atoms with Gasteiger partial charge in [-0.15, -0.1) is 0 Å². The third-order valence-electron chi connectivity index (χ3n) is 2.69. The average Bonchev–Trinajstić information content (AvgIpc) is 2.25. The number of carboxylic acid groups (broad SMARTS) is 1. The zero-order valence-electron chi connectivity index (χ0n) is 10.2. The molecule has 0 saturated heterocycles. The molecule has 0 fully saturated rings. The summed E-state index contributed by atoms with van der Waals surface area (Å²) in [6, 6.07) is 5.98. The first-order chi connectivity index (χ1) is 8.00. The van der Waals surface area contributed by atoms with Gasteiger partial charge >= 0.3 is 5.97 Å². The summed E-state index contributed by atoms with van der Waals surface area (Å²) in [4.78, 5) is 10.4. The molecule has 4 heteroatoms. The highest BCUT2D eigenvalue weighted by molar-refractivity contribution is 5.66. The predicted octanol–water partition coefficient (Wildman–Crippen LogP) is 1.94. The van der Waals surface area contributed by atoms with Crippen molar-refractivity contribution < 1.29 is 15.0 Å². The Bertz CT molecular complexity index is 370. The summed E-state index contributed by atoms with van der Waals surface area (Å²) in [5, 5.41) is 21.3. The maximum Gasteiger partial charge on any atom is 0.303 e. The summed E-state index contributed by atoms with van der Waals surface area (Å²) in [7, 11) is 0. The molecular formula is C13H19NO3. The molecule has 17 heavy (non-hydrogen) atoms. The molecule has 1 aromatic rings. The highest BCUT2D eigenvalue weighted by Gasteiger charge is 2.08. The number of carbonyl (C=O) groups is 1. The molecular weight excluding hydrogens is 218 g/mol. The number of hydrogen-bond donors (Lipinski definition) is 3. The average molecular weight is 237 g/mol. The van der Waals surface area contributed by atoms with Gasteiger partial charge in [0.25, 0.3) is 0 Å². The summed E-state index contributed by atoms with van der Waals surface area (Å²) in [5.41, 5.74) is 3.26. The Morgan fingerprint density at radius 2 is 1.94 bits per heavy atom. The van der Waals surface area contributed by atoms with E-state index in [0.29, 0.717) is 6.54 Å². The van der Waals surface area contributed by atoms with Crippen LogP contribution in [0.5, 0.6) is 0 Å². The number of hydrogen-bond acceptors (Lipinski definition) is 3. The van der Waals surface area contributed by atoms with Gasteiger partial charge in [-0.1, -0.05) is 18.2 Å². The number of aliphatic carboxylic acids is 1. The Kier molecular flexibility index (Phi) is 4.97. The number of aliphatic hydroxyl groups excluding tert-OH is 1. The van der Waals surface area contributed by atoms with Crippen LogP contribution in [-0.2, 0) is 4.79 Å². The van der Waals surface area contributed by atoms with Gasteiger partial charge in [0.1, 0.15) is 0 Å². The molecule has 1 atom stereocenters. The van der Waals surface area contributed by atoms with Crippen LogP contribution in [-0.4, -0.2) is 28.8 Å². The predicted molar refractivity (Wildman–Crippen MR) is 67.3 cm³/mol. The molecule has 3 N–H and O–H groups in total. The quantitative estimate of drug-likeness (QED) is 0.707. The molecule has 0 spiro atoms. The van der Waals surface area contributed by atoms with E-state index in [-0.39, 0.29) is 12.8 Å². The lowest BCUT2D eigenvalue weighted by Crippen LogP contribution is -2.21. The molecule has 1 aromatic carbocycles. The van der Waals surface area contributed by atoms with E-state index in [1.807, 2.05) is 32.0 Å². The molecule has 1 unspecified atom stereocenters. The van der Waals surface area contributed by atoms with Crippen molar-refractivity contribution in [2.75, 3.05) is 11.9 Å². The van der Waals surface area contributed by atoms with Crippen LogP contribution in [0.4, 0.5) is 5.69 Å². The van der Waals surface area contributed by atoms with E-state index in [1.165, 1.54) is 0 Å². The normalized spacial score (nSPS) is 12.2. The fraction of sp³-hybridized carbons (Fsp3) is 0.462. The van der Waals surface area contributed by atoms with E-state index in [4.69, 9.17) is 5.11 Å². The third kappa shape index (κ3) is 4.44. The van der Waals surface area contributed by atoms with Crippen molar-refractivity contribution in [2.24, 2.45) is 0 Å². The zero-order chi connectivity index (χ0) is 12.8. The Hall–Kier alpha value is -1.55. The van der Waals surface area contributed by atoms with Gasteiger partial charge in [0.2, 0.25) is 0 Å². The second kappa shape index (κ2) is 6.25. The van der Waals surface area contributed by atoms with Crippen molar-refractivity contribution in [3.05, 3.63) is 29.3 Å². The van der Waals surface area contributed by atoms with Crippen LogP contribution in [0.25, 0.3) is 0 Å². The van der Waals surface area contributed by atoms with Crippen LogP contribution in [0.2, 0.25) is 0 Å². The maximum atomic E-state index is 10.4. The number of nitrogens with one attached hydrogen (secondary N) is 1. The number of para-hydroxylation sites is 1. The number of rotatable bonds is 6. The topological polar surface area (TPSA) is 69.6 Å². The largest absolute Gasteiger partial charge is 0.481 e. The fourth-order valence-electron chi connectivity index (χ4n) is 1.71. The zero-order valence-corrected chi connectivity index (χ0v) is 10.2. The van der Waals surface area contributed by atoms with Crippen molar-refractivity contribution in [3.8, 4) is 0 Å². The lowest BCUT2D eigenvalue weighted by Gasteiger charge is -2.15. The molecule has 0 aliphatic heterocycles.